The van der Waals surface area contributed by atoms with Crippen molar-refractivity contribution in [2.45, 2.75) is 13.0 Å². The third-order valence-electron chi connectivity index (χ3n) is 3.61. The van der Waals surface area contributed by atoms with Crippen molar-refractivity contribution < 1.29 is 4.79 Å². The van der Waals surface area contributed by atoms with E-state index in [0.717, 1.165) is 25.3 Å². The van der Waals surface area contributed by atoms with Crippen LogP contribution in [0.4, 0.5) is 11.4 Å². The fraction of sp³-hybridized carbons (Fsp3) is 0.462. The Hall–Kier alpha value is -1.55. The van der Waals surface area contributed by atoms with E-state index in [1.54, 1.807) is 0 Å². The van der Waals surface area contributed by atoms with Crippen molar-refractivity contribution in [3.05, 3.63) is 23.8 Å². The van der Waals surface area contributed by atoms with Gasteiger partial charge in [-0.2, -0.15) is 0 Å². The molecular formula is C13H17N3O. The van der Waals surface area contributed by atoms with Gasteiger partial charge in [0.1, 0.15) is 6.04 Å². The van der Waals surface area contributed by atoms with Crippen LogP contribution in [0.3, 0.4) is 0 Å². The lowest BCUT2D eigenvalue weighted by Gasteiger charge is -2.44. The SMILES string of the molecule is Cc1ccc2c(c1)N1CCN(C)CC1C(=O)N2. The molecule has 0 radical (unpaired) electrons. The molecule has 1 aromatic rings. The Balaban J connectivity index is 2.03. The van der Waals surface area contributed by atoms with E-state index in [1.807, 2.05) is 12.1 Å². The van der Waals surface area contributed by atoms with E-state index in [0.29, 0.717) is 0 Å². The van der Waals surface area contributed by atoms with Crippen molar-refractivity contribution in [2.24, 2.45) is 0 Å². The van der Waals surface area contributed by atoms with Gasteiger partial charge in [-0.3, -0.25) is 4.79 Å². The smallest absolute Gasteiger partial charge is 0.248 e. The lowest BCUT2D eigenvalue weighted by Crippen LogP contribution is -2.59. The molecule has 4 heteroatoms. The van der Waals surface area contributed by atoms with Crippen LogP contribution in [0.15, 0.2) is 18.2 Å². The lowest BCUT2D eigenvalue weighted by atomic mass is 10.0. The van der Waals surface area contributed by atoms with Gasteiger partial charge in [-0.05, 0) is 31.7 Å². The van der Waals surface area contributed by atoms with E-state index >= 15 is 0 Å². The number of likely N-dealkylation sites (N-methyl/N-ethyl adjacent to an activating group) is 1. The standard InChI is InChI=1S/C13H17N3O/c1-9-3-4-10-11(7-9)16-6-5-15(2)8-12(16)13(17)14-10/h3-4,7,12H,5-6,8H2,1-2H3,(H,14,17). The van der Waals surface area contributed by atoms with Gasteiger partial charge in [0.2, 0.25) is 5.91 Å². The minimum absolute atomic E-state index is 0.0388. The third-order valence-corrected chi connectivity index (χ3v) is 3.61. The van der Waals surface area contributed by atoms with Crippen LogP contribution in [0, 0.1) is 6.92 Å². The van der Waals surface area contributed by atoms with Gasteiger partial charge >= 0.3 is 0 Å². The zero-order chi connectivity index (χ0) is 12.0. The Kier molecular flexibility index (Phi) is 2.33. The first-order valence-corrected chi connectivity index (χ1v) is 6.02. The molecular weight excluding hydrogens is 214 g/mol. The number of nitrogens with one attached hydrogen (secondary N) is 1. The molecule has 2 aliphatic rings. The minimum atomic E-state index is -0.0388. The van der Waals surface area contributed by atoms with E-state index in [4.69, 9.17) is 0 Å². The number of piperazine rings is 1. The molecule has 2 heterocycles. The summed E-state index contributed by atoms with van der Waals surface area (Å²) < 4.78 is 0. The van der Waals surface area contributed by atoms with Gasteiger partial charge in [0.25, 0.3) is 0 Å². The second kappa shape index (κ2) is 3.74. The summed E-state index contributed by atoms with van der Waals surface area (Å²) in [7, 11) is 2.07. The Morgan fingerprint density at radius 2 is 2.18 bits per heavy atom. The van der Waals surface area contributed by atoms with Gasteiger partial charge in [-0.1, -0.05) is 6.07 Å². The number of nitrogens with zero attached hydrogens (tertiary/aromatic N) is 2. The quantitative estimate of drug-likeness (QED) is 0.725. The molecule has 1 saturated heterocycles. The summed E-state index contributed by atoms with van der Waals surface area (Å²) in [6.45, 7) is 4.82. The van der Waals surface area contributed by atoms with E-state index < -0.39 is 0 Å². The van der Waals surface area contributed by atoms with Gasteiger partial charge in [-0.15, -0.1) is 0 Å². The molecule has 0 saturated carbocycles. The molecule has 17 heavy (non-hydrogen) atoms. The summed E-state index contributed by atoms with van der Waals surface area (Å²) in [5, 5.41) is 3.00. The van der Waals surface area contributed by atoms with E-state index in [1.165, 1.54) is 11.3 Å². The molecule has 1 N–H and O–H groups in total. The van der Waals surface area contributed by atoms with Crippen molar-refractivity contribution in [1.29, 1.82) is 0 Å². The highest BCUT2D eigenvalue weighted by Crippen LogP contribution is 2.34. The van der Waals surface area contributed by atoms with Crippen LogP contribution in [-0.2, 0) is 4.79 Å². The summed E-state index contributed by atoms with van der Waals surface area (Å²) in [6.07, 6.45) is 0. The number of hydrogen-bond acceptors (Lipinski definition) is 3. The van der Waals surface area contributed by atoms with E-state index in [9.17, 15) is 4.79 Å². The molecule has 0 spiro atoms. The van der Waals surface area contributed by atoms with Crippen molar-refractivity contribution >= 4 is 17.3 Å². The summed E-state index contributed by atoms with van der Waals surface area (Å²) in [6, 6.07) is 6.16. The maximum atomic E-state index is 12.0. The third kappa shape index (κ3) is 1.69. The van der Waals surface area contributed by atoms with Gasteiger partial charge < -0.3 is 15.1 Å². The van der Waals surface area contributed by atoms with Gasteiger partial charge in [0, 0.05) is 19.6 Å². The van der Waals surface area contributed by atoms with Crippen LogP contribution < -0.4 is 10.2 Å². The van der Waals surface area contributed by atoms with Crippen LogP contribution in [0.2, 0.25) is 0 Å². The van der Waals surface area contributed by atoms with Crippen LogP contribution in [0.1, 0.15) is 5.56 Å². The summed E-state index contributed by atoms with van der Waals surface area (Å²) >= 11 is 0. The van der Waals surface area contributed by atoms with Crippen LogP contribution in [0.5, 0.6) is 0 Å². The Morgan fingerprint density at radius 1 is 1.35 bits per heavy atom. The predicted octanol–water partition coefficient (Wildman–Crippen LogP) is 1.07. The van der Waals surface area contributed by atoms with Crippen LogP contribution >= 0.6 is 0 Å². The van der Waals surface area contributed by atoms with Crippen molar-refractivity contribution in [3.63, 3.8) is 0 Å². The number of fused-ring (bicyclic) bond motifs is 3. The molecule has 0 aliphatic carbocycles. The Labute approximate surface area is 101 Å². The number of anilines is 2. The van der Waals surface area contributed by atoms with Crippen molar-refractivity contribution in [3.8, 4) is 0 Å². The van der Waals surface area contributed by atoms with Crippen LogP contribution in [-0.4, -0.2) is 43.5 Å². The molecule has 0 aromatic heterocycles. The van der Waals surface area contributed by atoms with Crippen molar-refractivity contribution in [2.75, 3.05) is 36.9 Å². The summed E-state index contributed by atoms with van der Waals surface area (Å²) in [4.78, 5) is 16.5. The Bertz CT molecular complexity index is 472. The molecule has 90 valence electrons. The molecule has 2 aliphatic heterocycles. The average molecular weight is 231 g/mol. The van der Waals surface area contributed by atoms with Gasteiger partial charge in [0.15, 0.2) is 0 Å². The molecule has 0 bridgehead atoms. The highest BCUT2D eigenvalue weighted by Gasteiger charge is 2.36. The highest BCUT2D eigenvalue weighted by molar-refractivity contribution is 6.04. The van der Waals surface area contributed by atoms with Gasteiger partial charge in [-0.25, -0.2) is 0 Å². The molecule has 1 unspecified atom stereocenters. The van der Waals surface area contributed by atoms with E-state index in [2.05, 4.69) is 35.2 Å². The second-order valence-corrected chi connectivity index (χ2v) is 4.98. The molecule has 1 aromatic carbocycles. The van der Waals surface area contributed by atoms with Crippen molar-refractivity contribution in [1.82, 2.24) is 4.90 Å². The fourth-order valence-corrected chi connectivity index (χ4v) is 2.63. The topological polar surface area (TPSA) is 35.6 Å². The normalized spacial score (nSPS) is 24.0. The zero-order valence-electron chi connectivity index (χ0n) is 10.2. The number of aryl methyl sites for hydroxylation is 1. The number of rotatable bonds is 0. The predicted molar refractivity (Wildman–Crippen MR) is 68.4 cm³/mol. The number of benzene rings is 1. The van der Waals surface area contributed by atoms with E-state index in [-0.39, 0.29) is 11.9 Å². The average Bonchev–Trinajstić information content (AvgIpc) is 2.30. The second-order valence-electron chi connectivity index (χ2n) is 4.98. The Morgan fingerprint density at radius 3 is 3.00 bits per heavy atom. The number of carbonyl (C=O) groups excluding carboxylic acids is 1. The first kappa shape index (κ1) is 10.6. The molecule has 3 rings (SSSR count). The molecule has 1 fully saturated rings. The number of hydrogen-bond donors (Lipinski definition) is 1. The minimum Gasteiger partial charge on any atom is -0.355 e. The maximum absolute atomic E-state index is 12.0. The first-order chi connectivity index (χ1) is 8.15. The molecule has 4 nitrogen and oxygen atoms in total. The summed E-state index contributed by atoms with van der Waals surface area (Å²) in [5.74, 6) is 0.118. The fourth-order valence-electron chi connectivity index (χ4n) is 2.63. The maximum Gasteiger partial charge on any atom is 0.248 e. The monoisotopic (exact) mass is 231 g/mol. The zero-order valence-corrected chi connectivity index (χ0v) is 10.2. The van der Waals surface area contributed by atoms with Crippen LogP contribution in [0.25, 0.3) is 0 Å². The number of carbonyl (C=O) groups is 1. The highest BCUT2D eigenvalue weighted by atomic mass is 16.2. The first-order valence-electron chi connectivity index (χ1n) is 6.02. The number of amides is 1. The van der Waals surface area contributed by atoms with Gasteiger partial charge in [0.05, 0.1) is 11.4 Å². The molecule has 1 amide bonds. The summed E-state index contributed by atoms with van der Waals surface area (Å²) in [5.41, 5.74) is 3.35. The largest absolute Gasteiger partial charge is 0.355 e. The molecule has 1 atom stereocenters. The lowest BCUT2D eigenvalue weighted by molar-refractivity contribution is -0.118.